The number of aliphatic hydroxyl groups is 1. The summed E-state index contributed by atoms with van der Waals surface area (Å²) < 4.78 is 1.78. The summed E-state index contributed by atoms with van der Waals surface area (Å²) in [7, 11) is 0. The van der Waals surface area contributed by atoms with Crippen LogP contribution in [0.15, 0.2) is 48.9 Å². The first-order chi connectivity index (χ1) is 16.0. The lowest BCUT2D eigenvalue weighted by Crippen LogP contribution is -2.32. The van der Waals surface area contributed by atoms with E-state index in [-0.39, 0.29) is 18.2 Å². The van der Waals surface area contributed by atoms with Crippen molar-refractivity contribution in [2.45, 2.75) is 44.6 Å². The third-order valence-corrected chi connectivity index (χ3v) is 7.28. The Balaban J connectivity index is 1.06. The number of pyridine rings is 1. The van der Waals surface area contributed by atoms with Crippen LogP contribution in [0.3, 0.4) is 0 Å². The van der Waals surface area contributed by atoms with E-state index in [4.69, 9.17) is 5.73 Å². The zero-order chi connectivity index (χ0) is 22.5. The number of carbonyl (C=O) groups excluding carboxylic acids is 1. The normalized spacial score (nSPS) is 25.6. The van der Waals surface area contributed by atoms with E-state index in [0.29, 0.717) is 29.8 Å². The fraction of sp³-hybridized carbons (Fsp3) is 0.400. The SMILES string of the molecule is Nc1cc2c(cn1)CCC2NC(=O)c1cnn(Cc2ccc(CN3CC4CC4C3O)cc2)c1. The smallest absolute Gasteiger partial charge is 0.254 e. The number of hydrogen-bond acceptors (Lipinski definition) is 6. The number of amides is 1. The fourth-order valence-electron chi connectivity index (χ4n) is 5.32. The number of hydrogen-bond donors (Lipinski definition) is 3. The van der Waals surface area contributed by atoms with Crippen LogP contribution in [-0.4, -0.2) is 43.5 Å². The van der Waals surface area contributed by atoms with Gasteiger partial charge in [-0.25, -0.2) is 4.98 Å². The lowest BCUT2D eigenvalue weighted by atomic mass is 10.1. The zero-order valence-corrected chi connectivity index (χ0v) is 18.4. The summed E-state index contributed by atoms with van der Waals surface area (Å²) in [5.74, 6) is 1.53. The number of benzene rings is 1. The highest BCUT2D eigenvalue weighted by atomic mass is 16.3. The highest BCUT2D eigenvalue weighted by Crippen LogP contribution is 2.48. The lowest BCUT2D eigenvalue weighted by Gasteiger charge is -2.22. The van der Waals surface area contributed by atoms with Crippen molar-refractivity contribution in [2.24, 2.45) is 11.8 Å². The van der Waals surface area contributed by atoms with Crippen molar-refractivity contribution in [3.05, 3.63) is 76.7 Å². The molecule has 4 atom stereocenters. The van der Waals surface area contributed by atoms with Crippen LogP contribution < -0.4 is 11.1 Å². The molecule has 6 rings (SSSR count). The Morgan fingerprint density at radius 3 is 2.73 bits per heavy atom. The van der Waals surface area contributed by atoms with Gasteiger partial charge in [0.05, 0.1) is 24.3 Å². The molecule has 2 fully saturated rings. The molecule has 1 saturated carbocycles. The average Bonchev–Trinajstić information content (AvgIpc) is 3.10. The average molecular weight is 445 g/mol. The number of likely N-dealkylation sites (tertiary alicyclic amines) is 1. The Morgan fingerprint density at radius 2 is 1.97 bits per heavy atom. The van der Waals surface area contributed by atoms with Crippen molar-refractivity contribution < 1.29 is 9.90 Å². The fourth-order valence-corrected chi connectivity index (χ4v) is 5.32. The molecule has 170 valence electrons. The number of carbonyl (C=O) groups is 1. The van der Waals surface area contributed by atoms with E-state index >= 15 is 0 Å². The van der Waals surface area contributed by atoms with Gasteiger partial charge < -0.3 is 16.2 Å². The number of nitrogen functional groups attached to an aromatic ring is 1. The van der Waals surface area contributed by atoms with Crippen LogP contribution in [0.2, 0.25) is 0 Å². The molecule has 1 aliphatic heterocycles. The van der Waals surface area contributed by atoms with Crippen LogP contribution in [0.5, 0.6) is 0 Å². The molecule has 2 aromatic heterocycles. The second kappa shape index (κ2) is 7.97. The van der Waals surface area contributed by atoms with E-state index in [0.717, 1.165) is 42.6 Å². The number of rotatable bonds is 6. The van der Waals surface area contributed by atoms with Crippen molar-refractivity contribution in [1.29, 1.82) is 0 Å². The molecular formula is C25H28N6O2. The van der Waals surface area contributed by atoms with Gasteiger partial charge >= 0.3 is 0 Å². The molecule has 0 radical (unpaired) electrons. The molecule has 1 aromatic carbocycles. The van der Waals surface area contributed by atoms with Gasteiger partial charge in [-0.05, 0) is 53.5 Å². The van der Waals surface area contributed by atoms with Gasteiger partial charge in [0.1, 0.15) is 12.0 Å². The maximum absolute atomic E-state index is 12.8. The van der Waals surface area contributed by atoms with E-state index in [1.54, 1.807) is 23.3 Å². The third kappa shape index (κ3) is 4.00. The largest absolute Gasteiger partial charge is 0.384 e. The van der Waals surface area contributed by atoms with Crippen molar-refractivity contribution in [3.8, 4) is 0 Å². The van der Waals surface area contributed by atoms with Gasteiger partial charge in [0.2, 0.25) is 0 Å². The quantitative estimate of drug-likeness (QED) is 0.537. The molecule has 1 saturated heterocycles. The van der Waals surface area contributed by atoms with Gasteiger partial charge in [-0.15, -0.1) is 0 Å². The van der Waals surface area contributed by atoms with E-state index in [1.807, 2.05) is 6.07 Å². The van der Waals surface area contributed by atoms with E-state index in [2.05, 4.69) is 44.6 Å². The number of aryl methyl sites for hydroxylation is 1. The van der Waals surface area contributed by atoms with Crippen LogP contribution in [0.4, 0.5) is 5.82 Å². The molecule has 4 N–H and O–H groups in total. The van der Waals surface area contributed by atoms with E-state index < -0.39 is 0 Å². The predicted octanol–water partition coefficient (Wildman–Crippen LogP) is 2.10. The van der Waals surface area contributed by atoms with Crippen LogP contribution >= 0.6 is 0 Å². The number of fused-ring (bicyclic) bond motifs is 2. The van der Waals surface area contributed by atoms with Gasteiger partial charge in [0.15, 0.2) is 0 Å². The zero-order valence-electron chi connectivity index (χ0n) is 18.4. The first-order valence-corrected chi connectivity index (χ1v) is 11.6. The Kier molecular flexibility index (Phi) is 4.92. The van der Waals surface area contributed by atoms with Crippen LogP contribution in [0.25, 0.3) is 0 Å². The first-order valence-electron chi connectivity index (χ1n) is 11.6. The second-order valence-corrected chi connectivity index (χ2v) is 9.62. The monoisotopic (exact) mass is 444 g/mol. The van der Waals surface area contributed by atoms with Crippen LogP contribution in [0, 0.1) is 11.8 Å². The van der Waals surface area contributed by atoms with Crippen molar-refractivity contribution in [1.82, 2.24) is 25.0 Å². The van der Waals surface area contributed by atoms with Gasteiger partial charge in [0.25, 0.3) is 5.91 Å². The molecule has 8 heteroatoms. The number of nitrogens with zero attached hydrogens (tertiary/aromatic N) is 4. The molecule has 4 unspecified atom stereocenters. The standard InChI is InChI=1S/C25H28N6O2/c26-23-8-20-17(9-27-23)5-6-22(20)29-24(32)19-10-28-31(14-19)12-16-3-1-15(2-4-16)11-30-13-18-7-21(18)25(30)33/h1-4,8-10,14,18,21-22,25,33H,5-7,11-13H2,(H2,26,27)(H,29,32). The molecule has 3 aliphatic rings. The van der Waals surface area contributed by atoms with Crippen molar-refractivity contribution >= 4 is 11.7 Å². The number of nitrogens with two attached hydrogens (primary N) is 1. The molecule has 1 amide bonds. The van der Waals surface area contributed by atoms with Gasteiger partial charge in [-0.1, -0.05) is 24.3 Å². The summed E-state index contributed by atoms with van der Waals surface area (Å²) in [6.07, 6.45) is 7.84. The van der Waals surface area contributed by atoms with E-state index in [1.165, 1.54) is 12.0 Å². The molecule has 8 nitrogen and oxygen atoms in total. The van der Waals surface area contributed by atoms with Crippen molar-refractivity contribution in [3.63, 3.8) is 0 Å². The number of nitrogens with one attached hydrogen (secondary N) is 1. The second-order valence-electron chi connectivity index (χ2n) is 9.62. The summed E-state index contributed by atoms with van der Waals surface area (Å²) in [5, 5.41) is 17.8. The highest BCUT2D eigenvalue weighted by molar-refractivity contribution is 5.94. The number of aromatic nitrogens is 3. The number of piperidine rings is 1. The highest BCUT2D eigenvalue weighted by Gasteiger charge is 2.51. The minimum Gasteiger partial charge on any atom is -0.384 e. The van der Waals surface area contributed by atoms with Gasteiger partial charge in [0, 0.05) is 31.4 Å². The minimum atomic E-state index is -0.282. The summed E-state index contributed by atoms with van der Waals surface area (Å²) in [5.41, 5.74) is 10.9. The molecule has 3 heterocycles. The van der Waals surface area contributed by atoms with E-state index in [9.17, 15) is 9.90 Å². The summed E-state index contributed by atoms with van der Waals surface area (Å²) >= 11 is 0. The third-order valence-electron chi connectivity index (χ3n) is 7.28. The first kappa shape index (κ1) is 20.4. The number of anilines is 1. The Labute approximate surface area is 192 Å². The lowest BCUT2D eigenvalue weighted by molar-refractivity contribution is 0.00951. The summed E-state index contributed by atoms with van der Waals surface area (Å²) in [4.78, 5) is 19.1. The minimum absolute atomic E-state index is 0.0475. The molecule has 2 aliphatic carbocycles. The topological polar surface area (TPSA) is 109 Å². The van der Waals surface area contributed by atoms with Gasteiger partial charge in [-0.2, -0.15) is 5.10 Å². The summed E-state index contributed by atoms with van der Waals surface area (Å²) in [6, 6.07) is 10.2. The maximum Gasteiger partial charge on any atom is 0.254 e. The molecule has 3 aromatic rings. The number of aliphatic hydroxyl groups excluding tert-OH is 1. The molecule has 0 spiro atoms. The van der Waals surface area contributed by atoms with Crippen LogP contribution in [-0.2, 0) is 19.5 Å². The maximum atomic E-state index is 12.8. The Hall–Kier alpha value is -3.23. The van der Waals surface area contributed by atoms with Crippen LogP contribution in [0.1, 0.15) is 51.5 Å². The Bertz CT molecular complexity index is 1190. The predicted molar refractivity (Wildman–Crippen MR) is 123 cm³/mol. The molecule has 0 bridgehead atoms. The Morgan fingerprint density at radius 1 is 1.18 bits per heavy atom. The summed E-state index contributed by atoms with van der Waals surface area (Å²) in [6.45, 7) is 2.38. The van der Waals surface area contributed by atoms with Gasteiger partial charge in [-0.3, -0.25) is 14.4 Å². The van der Waals surface area contributed by atoms with Crippen molar-refractivity contribution in [2.75, 3.05) is 12.3 Å². The molecular weight excluding hydrogens is 416 g/mol. The molecule has 33 heavy (non-hydrogen) atoms.